The molecule has 3 rings (SSSR count). The van der Waals surface area contributed by atoms with E-state index in [-0.39, 0.29) is 12.6 Å². The van der Waals surface area contributed by atoms with Crippen molar-refractivity contribution in [1.82, 2.24) is 19.5 Å². The average molecular weight is 249 g/mol. The lowest BCUT2D eigenvalue weighted by Gasteiger charge is -2.34. The van der Waals surface area contributed by atoms with Crippen molar-refractivity contribution < 1.29 is 9.84 Å². The van der Waals surface area contributed by atoms with E-state index in [1.165, 1.54) is 7.11 Å². The molecule has 96 valence electrons. The molecule has 7 nitrogen and oxygen atoms in total. The fraction of sp³-hybridized carbons (Fsp3) is 0.545. The molecule has 1 saturated carbocycles. The van der Waals surface area contributed by atoms with Gasteiger partial charge in [-0.1, -0.05) is 0 Å². The minimum Gasteiger partial charge on any atom is -0.479 e. The Labute approximate surface area is 104 Å². The Kier molecular flexibility index (Phi) is 2.55. The molecular weight excluding hydrogens is 234 g/mol. The molecule has 1 aliphatic carbocycles. The van der Waals surface area contributed by atoms with E-state index >= 15 is 0 Å². The lowest BCUT2D eigenvalue weighted by molar-refractivity contribution is 0.114. The number of anilines is 1. The van der Waals surface area contributed by atoms with Crippen LogP contribution >= 0.6 is 0 Å². The molecule has 2 heterocycles. The summed E-state index contributed by atoms with van der Waals surface area (Å²) in [6, 6.07) is 0.325. The molecule has 0 atom stereocenters. The third kappa shape index (κ3) is 1.59. The minimum atomic E-state index is 0.180. The third-order valence-electron chi connectivity index (χ3n) is 3.46. The Morgan fingerprint density at radius 1 is 1.50 bits per heavy atom. The molecule has 0 saturated heterocycles. The molecule has 18 heavy (non-hydrogen) atoms. The number of nitrogens with two attached hydrogens (primary N) is 1. The molecule has 0 aromatic carbocycles. The van der Waals surface area contributed by atoms with Crippen LogP contribution in [0.25, 0.3) is 11.2 Å². The molecule has 0 amide bonds. The number of hydrogen-bond donors (Lipinski definition) is 2. The van der Waals surface area contributed by atoms with Crippen LogP contribution < -0.4 is 10.5 Å². The number of imidazole rings is 1. The molecule has 0 aliphatic heterocycles. The summed E-state index contributed by atoms with van der Waals surface area (Å²) in [6.45, 7) is 0.240. The van der Waals surface area contributed by atoms with Crippen LogP contribution in [0, 0.1) is 5.92 Å². The van der Waals surface area contributed by atoms with Crippen LogP contribution in [0.2, 0.25) is 0 Å². The summed E-state index contributed by atoms with van der Waals surface area (Å²) in [5.41, 5.74) is 6.98. The van der Waals surface area contributed by atoms with E-state index in [1.807, 2.05) is 4.57 Å². The number of aromatic nitrogens is 4. The van der Waals surface area contributed by atoms with Crippen LogP contribution in [0.1, 0.15) is 18.9 Å². The Morgan fingerprint density at radius 3 is 2.94 bits per heavy atom. The summed E-state index contributed by atoms with van der Waals surface area (Å²) in [7, 11) is 1.53. The molecule has 2 aromatic heterocycles. The van der Waals surface area contributed by atoms with Crippen molar-refractivity contribution in [2.24, 2.45) is 5.92 Å². The number of aliphatic hydroxyl groups is 1. The Bertz CT molecular complexity index is 576. The SMILES string of the molecule is COc1nc(N)nc2c1ncn2[C@H]1C[C@@H](CO)C1. The van der Waals surface area contributed by atoms with Crippen molar-refractivity contribution >= 4 is 17.1 Å². The number of ether oxygens (including phenoxy) is 1. The molecule has 7 heteroatoms. The first-order chi connectivity index (χ1) is 8.72. The minimum absolute atomic E-state index is 0.180. The largest absolute Gasteiger partial charge is 0.479 e. The van der Waals surface area contributed by atoms with Gasteiger partial charge in [-0.15, -0.1) is 0 Å². The number of rotatable bonds is 3. The summed E-state index contributed by atoms with van der Waals surface area (Å²) in [5.74, 6) is 0.960. The molecule has 1 fully saturated rings. The highest BCUT2D eigenvalue weighted by molar-refractivity contribution is 5.77. The smallest absolute Gasteiger partial charge is 0.246 e. The molecule has 2 aromatic rings. The van der Waals surface area contributed by atoms with Crippen LogP contribution in [0.5, 0.6) is 5.88 Å². The van der Waals surface area contributed by atoms with Gasteiger partial charge in [-0.2, -0.15) is 9.97 Å². The van der Waals surface area contributed by atoms with Crippen LogP contribution in [0.4, 0.5) is 5.95 Å². The van der Waals surface area contributed by atoms with E-state index in [1.54, 1.807) is 6.33 Å². The molecule has 0 spiro atoms. The first-order valence-corrected chi connectivity index (χ1v) is 5.87. The lowest BCUT2D eigenvalue weighted by Crippen LogP contribution is -2.28. The van der Waals surface area contributed by atoms with Gasteiger partial charge in [-0.25, -0.2) is 4.98 Å². The van der Waals surface area contributed by atoms with Gasteiger partial charge in [-0.05, 0) is 18.8 Å². The molecule has 0 unspecified atom stereocenters. The predicted octanol–water partition coefficient (Wildman–Crippen LogP) is 0.360. The zero-order valence-corrected chi connectivity index (χ0v) is 10.1. The fourth-order valence-corrected chi connectivity index (χ4v) is 2.39. The number of nitrogens with zero attached hydrogens (tertiary/aromatic N) is 4. The van der Waals surface area contributed by atoms with E-state index < -0.39 is 0 Å². The Balaban J connectivity index is 2.01. The summed E-state index contributed by atoms with van der Waals surface area (Å²) in [6.07, 6.45) is 3.61. The van der Waals surface area contributed by atoms with Crippen LogP contribution in [0.15, 0.2) is 6.33 Å². The Morgan fingerprint density at radius 2 is 2.28 bits per heavy atom. The number of methoxy groups -OCH3 is 1. The van der Waals surface area contributed by atoms with Crippen molar-refractivity contribution in [3.05, 3.63) is 6.33 Å². The normalized spacial score (nSPS) is 23.0. The second kappa shape index (κ2) is 4.09. The van der Waals surface area contributed by atoms with E-state index in [2.05, 4.69) is 15.0 Å². The lowest BCUT2D eigenvalue weighted by atomic mass is 9.81. The fourth-order valence-electron chi connectivity index (χ4n) is 2.39. The highest BCUT2D eigenvalue weighted by Crippen LogP contribution is 2.39. The van der Waals surface area contributed by atoms with Gasteiger partial charge in [0.2, 0.25) is 11.8 Å². The summed E-state index contributed by atoms with van der Waals surface area (Å²) in [5, 5.41) is 9.05. The van der Waals surface area contributed by atoms with Crippen molar-refractivity contribution in [2.45, 2.75) is 18.9 Å². The highest BCUT2D eigenvalue weighted by atomic mass is 16.5. The van der Waals surface area contributed by atoms with E-state index in [9.17, 15) is 0 Å². The van der Waals surface area contributed by atoms with Gasteiger partial charge in [0.25, 0.3) is 0 Å². The van der Waals surface area contributed by atoms with Gasteiger partial charge in [0.1, 0.15) is 0 Å². The quantitative estimate of drug-likeness (QED) is 0.814. The van der Waals surface area contributed by atoms with Crippen LogP contribution in [-0.2, 0) is 0 Å². The summed E-state index contributed by atoms with van der Waals surface area (Å²) < 4.78 is 7.14. The predicted molar refractivity (Wildman–Crippen MR) is 65.1 cm³/mol. The number of fused-ring (bicyclic) bond motifs is 1. The molecule has 0 bridgehead atoms. The molecule has 3 N–H and O–H groups in total. The van der Waals surface area contributed by atoms with Crippen LogP contribution in [-0.4, -0.2) is 38.3 Å². The van der Waals surface area contributed by atoms with Gasteiger partial charge >= 0.3 is 0 Å². The number of hydrogen-bond acceptors (Lipinski definition) is 6. The topological polar surface area (TPSA) is 99.1 Å². The van der Waals surface area contributed by atoms with Crippen molar-refractivity contribution in [1.29, 1.82) is 0 Å². The third-order valence-corrected chi connectivity index (χ3v) is 3.46. The maximum Gasteiger partial charge on any atom is 0.246 e. The first-order valence-electron chi connectivity index (χ1n) is 5.87. The second-order valence-corrected chi connectivity index (χ2v) is 4.59. The van der Waals surface area contributed by atoms with Gasteiger partial charge < -0.3 is 20.1 Å². The van der Waals surface area contributed by atoms with Gasteiger partial charge in [0.05, 0.1) is 13.4 Å². The molecular formula is C11H15N5O2. The van der Waals surface area contributed by atoms with Crippen LogP contribution in [0.3, 0.4) is 0 Å². The van der Waals surface area contributed by atoms with Gasteiger partial charge in [0.15, 0.2) is 11.2 Å². The molecule has 0 radical (unpaired) electrons. The monoisotopic (exact) mass is 249 g/mol. The van der Waals surface area contributed by atoms with E-state index in [4.69, 9.17) is 15.6 Å². The average Bonchev–Trinajstić information content (AvgIpc) is 2.71. The molecule has 1 aliphatic rings. The Hall–Kier alpha value is -1.89. The maximum atomic E-state index is 9.05. The van der Waals surface area contributed by atoms with Gasteiger partial charge in [0, 0.05) is 12.6 Å². The van der Waals surface area contributed by atoms with Crippen molar-refractivity contribution in [3.63, 3.8) is 0 Å². The van der Waals surface area contributed by atoms with E-state index in [0.717, 1.165) is 12.8 Å². The summed E-state index contributed by atoms with van der Waals surface area (Å²) >= 11 is 0. The zero-order chi connectivity index (χ0) is 12.7. The van der Waals surface area contributed by atoms with Crippen molar-refractivity contribution in [2.75, 3.05) is 19.5 Å². The number of nitrogen functional groups attached to an aromatic ring is 1. The first kappa shape index (κ1) is 11.2. The maximum absolute atomic E-state index is 9.05. The van der Waals surface area contributed by atoms with E-state index in [0.29, 0.717) is 29.0 Å². The summed E-state index contributed by atoms with van der Waals surface area (Å²) in [4.78, 5) is 12.5. The number of aliphatic hydroxyl groups excluding tert-OH is 1. The van der Waals surface area contributed by atoms with Crippen molar-refractivity contribution in [3.8, 4) is 5.88 Å². The highest BCUT2D eigenvalue weighted by Gasteiger charge is 2.31. The standard InChI is InChI=1S/C11H15N5O2/c1-18-10-8-9(14-11(12)15-10)16(5-13-8)7-2-6(3-7)4-17/h5-7,17H,2-4H2,1H3,(H2,12,14,15)/t6-,7+. The van der Waals surface area contributed by atoms with Gasteiger partial charge in [-0.3, -0.25) is 0 Å². The zero-order valence-electron chi connectivity index (χ0n) is 10.1. The second-order valence-electron chi connectivity index (χ2n) is 4.59.